The molecule has 1 aliphatic rings. The Kier molecular flexibility index (Phi) is 6.15. The number of aryl methyl sites for hydroxylation is 1. The van der Waals surface area contributed by atoms with Crippen LogP contribution < -0.4 is 5.32 Å². The monoisotopic (exact) mass is 339 g/mol. The van der Waals surface area contributed by atoms with E-state index < -0.39 is 17.8 Å². The average molecular weight is 339 g/mol. The molecule has 0 aromatic carbocycles. The van der Waals surface area contributed by atoms with E-state index in [2.05, 4.69) is 5.32 Å². The van der Waals surface area contributed by atoms with Crippen molar-refractivity contribution in [2.45, 2.75) is 51.9 Å². The second-order valence-electron chi connectivity index (χ2n) is 5.49. The Morgan fingerprint density at radius 1 is 1.22 bits per heavy atom. The fourth-order valence-electron chi connectivity index (χ4n) is 2.55. The van der Waals surface area contributed by atoms with Gasteiger partial charge in [-0.2, -0.15) is 0 Å². The first-order valence-electron chi connectivity index (χ1n) is 7.86. The SMILES string of the molecule is CCCOC(=O)c1c(NC(=O)CCC(=O)O)sc2c1CCCC2. The molecule has 0 saturated heterocycles. The minimum absolute atomic E-state index is 0.110. The first-order chi connectivity index (χ1) is 11.0. The summed E-state index contributed by atoms with van der Waals surface area (Å²) in [5.41, 5.74) is 1.44. The largest absolute Gasteiger partial charge is 0.481 e. The summed E-state index contributed by atoms with van der Waals surface area (Å²) in [7, 11) is 0. The van der Waals surface area contributed by atoms with Crippen LogP contribution in [0.4, 0.5) is 5.00 Å². The number of hydrogen-bond acceptors (Lipinski definition) is 5. The lowest BCUT2D eigenvalue weighted by Crippen LogP contribution is -2.16. The van der Waals surface area contributed by atoms with E-state index in [0.29, 0.717) is 17.2 Å². The molecular formula is C16H21NO5S. The molecule has 0 atom stereocenters. The topological polar surface area (TPSA) is 92.7 Å². The van der Waals surface area contributed by atoms with E-state index in [1.165, 1.54) is 11.3 Å². The van der Waals surface area contributed by atoms with Crippen molar-refractivity contribution in [3.8, 4) is 0 Å². The lowest BCUT2D eigenvalue weighted by molar-refractivity contribution is -0.138. The maximum atomic E-state index is 12.3. The van der Waals surface area contributed by atoms with E-state index in [9.17, 15) is 14.4 Å². The van der Waals surface area contributed by atoms with Crippen molar-refractivity contribution < 1.29 is 24.2 Å². The maximum Gasteiger partial charge on any atom is 0.341 e. The van der Waals surface area contributed by atoms with Gasteiger partial charge in [-0.3, -0.25) is 9.59 Å². The molecule has 2 N–H and O–H groups in total. The second-order valence-corrected chi connectivity index (χ2v) is 6.60. The van der Waals surface area contributed by atoms with Gasteiger partial charge in [0.25, 0.3) is 0 Å². The molecule has 6 nitrogen and oxygen atoms in total. The predicted octanol–water partition coefficient (Wildman–Crippen LogP) is 3.00. The number of anilines is 1. The summed E-state index contributed by atoms with van der Waals surface area (Å²) in [6, 6.07) is 0. The Balaban J connectivity index is 2.20. The predicted molar refractivity (Wildman–Crippen MR) is 87.0 cm³/mol. The first-order valence-corrected chi connectivity index (χ1v) is 8.67. The maximum absolute atomic E-state index is 12.3. The van der Waals surface area contributed by atoms with Gasteiger partial charge in [-0.05, 0) is 37.7 Å². The third-order valence-electron chi connectivity index (χ3n) is 3.63. The zero-order valence-electron chi connectivity index (χ0n) is 13.1. The summed E-state index contributed by atoms with van der Waals surface area (Å²) in [6.45, 7) is 2.26. The van der Waals surface area contributed by atoms with Gasteiger partial charge in [0.1, 0.15) is 5.00 Å². The van der Waals surface area contributed by atoms with Gasteiger partial charge in [0.05, 0.1) is 18.6 Å². The van der Waals surface area contributed by atoms with Gasteiger partial charge in [-0.15, -0.1) is 11.3 Å². The third kappa shape index (κ3) is 4.54. The zero-order valence-corrected chi connectivity index (χ0v) is 14.0. The molecule has 23 heavy (non-hydrogen) atoms. The van der Waals surface area contributed by atoms with Gasteiger partial charge in [-0.25, -0.2) is 4.79 Å². The van der Waals surface area contributed by atoms with E-state index in [-0.39, 0.29) is 12.8 Å². The first kappa shape index (κ1) is 17.5. The Morgan fingerprint density at radius 2 is 1.96 bits per heavy atom. The van der Waals surface area contributed by atoms with Gasteiger partial charge >= 0.3 is 11.9 Å². The molecule has 0 fully saturated rings. The van der Waals surface area contributed by atoms with Crippen LogP contribution in [0.25, 0.3) is 0 Å². The van der Waals surface area contributed by atoms with Crippen LogP contribution in [-0.4, -0.2) is 29.6 Å². The highest BCUT2D eigenvalue weighted by molar-refractivity contribution is 7.17. The quantitative estimate of drug-likeness (QED) is 0.745. The third-order valence-corrected chi connectivity index (χ3v) is 4.84. The van der Waals surface area contributed by atoms with Crippen molar-refractivity contribution in [2.24, 2.45) is 0 Å². The molecule has 0 spiro atoms. The summed E-state index contributed by atoms with van der Waals surface area (Å²) in [6.07, 6.45) is 4.20. The van der Waals surface area contributed by atoms with Gasteiger partial charge in [0.2, 0.25) is 5.91 Å². The number of carboxylic acid groups (broad SMARTS) is 1. The number of carbonyl (C=O) groups excluding carboxylic acids is 2. The highest BCUT2D eigenvalue weighted by atomic mass is 32.1. The fourth-order valence-corrected chi connectivity index (χ4v) is 3.84. The van der Waals surface area contributed by atoms with Gasteiger partial charge < -0.3 is 15.2 Å². The number of hydrogen-bond donors (Lipinski definition) is 2. The molecule has 1 aromatic heterocycles. The zero-order chi connectivity index (χ0) is 16.8. The number of carbonyl (C=O) groups is 3. The van der Waals surface area contributed by atoms with E-state index in [0.717, 1.165) is 42.5 Å². The van der Waals surface area contributed by atoms with Crippen molar-refractivity contribution in [1.29, 1.82) is 0 Å². The molecular weight excluding hydrogens is 318 g/mol. The lowest BCUT2D eigenvalue weighted by atomic mass is 9.95. The molecule has 0 bridgehead atoms. The van der Waals surface area contributed by atoms with Crippen molar-refractivity contribution in [1.82, 2.24) is 0 Å². The van der Waals surface area contributed by atoms with Crippen LogP contribution in [0.5, 0.6) is 0 Å². The highest BCUT2D eigenvalue weighted by Gasteiger charge is 2.27. The fraction of sp³-hybridized carbons (Fsp3) is 0.562. The van der Waals surface area contributed by atoms with Crippen LogP contribution in [0.15, 0.2) is 0 Å². The molecule has 0 saturated carbocycles. The molecule has 1 heterocycles. The lowest BCUT2D eigenvalue weighted by Gasteiger charge is -2.12. The number of nitrogens with one attached hydrogen (secondary N) is 1. The molecule has 0 aliphatic heterocycles. The summed E-state index contributed by atoms with van der Waals surface area (Å²) in [4.78, 5) is 35.9. The summed E-state index contributed by atoms with van der Waals surface area (Å²) in [5.74, 6) is -1.82. The minimum atomic E-state index is -1.02. The Labute approximate surface area is 138 Å². The number of aliphatic carboxylic acids is 1. The van der Waals surface area contributed by atoms with Crippen LogP contribution in [0, 0.1) is 0 Å². The number of ether oxygens (including phenoxy) is 1. The van der Waals surface area contributed by atoms with E-state index in [1.807, 2.05) is 6.92 Å². The summed E-state index contributed by atoms with van der Waals surface area (Å²) < 4.78 is 5.24. The molecule has 1 aliphatic carbocycles. The number of rotatable bonds is 7. The number of thiophene rings is 1. The number of amides is 1. The minimum Gasteiger partial charge on any atom is -0.481 e. The summed E-state index contributed by atoms with van der Waals surface area (Å²) in [5, 5.41) is 11.8. The Hall–Kier alpha value is -1.89. The van der Waals surface area contributed by atoms with Gasteiger partial charge in [0.15, 0.2) is 0 Å². The van der Waals surface area contributed by atoms with Crippen LogP contribution in [0.2, 0.25) is 0 Å². The van der Waals surface area contributed by atoms with Crippen molar-refractivity contribution in [3.05, 3.63) is 16.0 Å². The van der Waals surface area contributed by atoms with Gasteiger partial charge in [-0.1, -0.05) is 6.92 Å². The Morgan fingerprint density at radius 3 is 2.65 bits per heavy atom. The van der Waals surface area contributed by atoms with E-state index in [4.69, 9.17) is 9.84 Å². The van der Waals surface area contributed by atoms with Crippen LogP contribution in [0.1, 0.15) is 59.8 Å². The molecule has 126 valence electrons. The van der Waals surface area contributed by atoms with Crippen molar-refractivity contribution in [3.63, 3.8) is 0 Å². The van der Waals surface area contributed by atoms with Crippen LogP contribution >= 0.6 is 11.3 Å². The van der Waals surface area contributed by atoms with E-state index >= 15 is 0 Å². The van der Waals surface area contributed by atoms with Crippen LogP contribution in [0.3, 0.4) is 0 Å². The molecule has 7 heteroatoms. The van der Waals surface area contributed by atoms with Crippen molar-refractivity contribution in [2.75, 3.05) is 11.9 Å². The molecule has 0 radical (unpaired) electrons. The molecule has 0 unspecified atom stereocenters. The number of fused-ring (bicyclic) bond motifs is 1. The van der Waals surface area contributed by atoms with E-state index in [1.54, 1.807) is 0 Å². The average Bonchev–Trinajstić information content (AvgIpc) is 2.88. The molecule has 1 amide bonds. The number of carboxylic acids is 1. The molecule has 1 aromatic rings. The standard InChI is InChI=1S/C16H21NO5S/c1-2-9-22-16(21)14-10-5-3-4-6-11(10)23-15(14)17-12(18)7-8-13(19)20/h2-9H2,1H3,(H,17,18)(H,19,20). The van der Waals surface area contributed by atoms with Crippen molar-refractivity contribution >= 4 is 34.2 Å². The second kappa shape index (κ2) is 8.10. The molecule has 2 rings (SSSR count). The normalized spacial score (nSPS) is 13.3. The number of esters is 1. The summed E-state index contributed by atoms with van der Waals surface area (Å²) >= 11 is 1.41. The Bertz CT molecular complexity index is 608. The van der Waals surface area contributed by atoms with Crippen LogP contribution in [-0.2, 0) is 27.2 Å². The van der Waals surface area contributed by atoms with Gasteiger partial charge in [0, 0.05) is 11.3 Å². The highest BCUT2D eigenvalue weighted by Crippen LogP contribution is 2.38. The smallest absolute Gasteiger partial charge is 0.341 e.